The molecule has 0 spiro atoms. The lowest BCUT2D eigenvalue weighted by molar-refractivity contribution is -0.359. The van der Waals surface area contributed by atoms with Crippen LogP contribution in [0, 0.1) is 0 Å². The van der Waals surface area contributed by atoms with E-state index in [0.717, 1.165) is 116 Å². The number of aliphatic hydroxyl groups excluding tert-OH is 8. The molecule has 14 heteroatoms. The maximum atomic E-state index is 13.3. The van der Waals surface area contributed by atoms with Gasteiger partial charge in [0, 0.05) is 6.42 Å². The van der Waals surface area contributed by atoms with E-state index in [4.69, 9.17) is 18.9 Å². The first-order valence-electron chi connectivity index (χ1n) is 31.9. The molecule has 478 valence electrons. The molecule has 12 unspecified atom stereocenters. The minimum absolute atomic E-state index is 0.217. The van der Waals surface area contributed by atoms with E-state index in [0.29, 0.717) is 12.8 Å². The minimum Gasteiger partial charge on any atom is -0.394 e. The van der Waals surface area contributed by atoms with Gasteiger partial charge in [0.15, 0.2) is 12.6 Å². The number of ether oxygens (including phenoxy) is 4. The van der Waals surface area contributed by atoms with Gasteiger partial charge in [-0.3, -0.25) is 4.79 Å². The van der Waals surface area contributed by atoms with E-state index in [-0.39, 0.29) is 18.9 Å². The number of amides is 1. The van der Waals surface area contributed by atoms with Crippen LogP contribution in [0.4, 0.5) is 0 Å². The molecule has 0 aromatic rings. The zero-order chi connectivity index (χ0) is 61.6. The number of nitrogens with one attached hydrogen (secondary N) is 1. The smallest absolute Gasteiger partial charge is 0.220 e. The Kier molecular flexibility index (Phi) is 48.2. The average Bonchev–Trinajstić information content (AvgIpc) is 3.65. The summed E-state index contributed by atoms with van der Waals surface area (Å²) in [5.74, 6) is -0.295. The summed E-state index contributed by atoms with van der Waals surface area (Å²) in [4.78, 5) is 13.3. The molecule has 1 amide bonds. The third-order valence-electron chi connectivity index (χ3n) is 14.1. The number of aliphatic hydroxyl groups is 8. The van der Waals surface area contributed by atoms with Crippen molar-refractivity contribution >= 4 is 5.91 Å². The molecular formula is C71H111NO13. The average molecular weight is 1190 g/mol. The summed E-state index contributed by atoms with van der Waals surface area (Å²) in [6.45, 7) is 2.57. The largest absolute Gasteiger partial charge is 0.394 e. The highest BCUT2D eigenvalue weighted by atomic mass is 16.7. The van der Waals surface area contributed by atoms with Gasteiger partial charge in [-0.25, -0.2) is 0 Å². The Morgan fingerprint density at radius 1 is 0.435 bits per heavy atom. The maximum absolute atomic E-state index is 13.3. The number of hydrogen-bond acceptors (Lipinski definition) is 13. The third kappa shape index (κ3) is 38.3. The van der Waals surface area contributed by atoms with Gasteiger partial charge < -0.3 is 65.1 Å². The minimum atomic E-state index is -1.80. The number of rotatable bonds is 48. The Balaban J connectivity index is 1.71. The summed E-state index contributed by atoms with van der Waals surface area (Å²) in [6.07, 6.45) is 66.9. The first kappa shape index (κ1) is 76.4. The van der Waals surface area contributed by atoms with E-state index in [1.807, 2.05) is 6.08 Å². The van der Waals surface area contributed by atoms with Crippen LogP contribution in [0.3, 0.4) is 0 Å². The van der Waals surface area contributed by atoms with Gasteiger partial charge in [-0.2, -0.15) is 0 Å². The first-order chi connectivity index (χ1) is 41.6. The van der Waals surface area contributed by atoms with E-state index in [1.54, 1.807) is 6.08 Å². The molecule has 2 fully saturated rings. The van der Waals surface area contributed by atoms with Crippen molar-refractivity contribution in [1.82, 2.24) is 5.32 Å². The summed E-state index contributed by atoms with van der Waals surface area (Å²) in [5, 5.41) is 87.0. The molecule has 0 aliphatic carbocycles. The molecule has 2 aliphatic heterocycles. The lowest BCUT2D eigenvalue weighted by atomic mass is 9.97. The fourth-order valence-electron chi connectivity index (χ4n) is 9.03. The normalized spacial score (nSPS) is 24.7. The predicted molar refractivity (Wildman–Crippen MR) is 345 cm³/mol. The van der Waals surface area contributed by atoms with E-state index in [9.17, 15) is 45.6 Å². The highest BCUT2D eigenvalue weighted by Gasteiger charge is 2.51. The number of unbranched alkanes of at least 4 members (excludes halogenated alkanes) is 9. The summed E-state index contributed by atoms with van der Waals surface area (Å²) < 4.78 is 22.7. The van der Waals surface area contributed by atoms with Crippen molar-refractivity contribution in [3.63, 3.8) is 0 Å². The summed E-state index contributed by atoms with van der Waals surface area (Å²) in [7, 11) is 0. The summed E-state index contributed by atoms with van der Waals surface area (Å²) in [5.41, 5.74) is 0. The number of allylic oxidation sites excluding steroid dienone is 27. The molecule has 0 saturated carbocycles. The molecule has 14 nitrogen and oxygen atoms in total. The highest BCUT2D eigenvalue weighted by Crippen LogP contribution is 2.30. The standard InChI is InChI=1S/C71H111NO13/c1-3-5-7-9-11-13-15-17-19-20-21-22-23-24-25-26-27-28-29-30-31-32-33-34-35-36-37-38-39-40-41-43-45-47-49-51-53-55-63(76)72-59(60(75)54-52-50-48-46-44-42-18-16-14-12-10-8-6-4-2)58-82-70-68(81)66(79)69(62(57-74)84-70)85-71-67(80)65(78)64(77)61(56-73)83-71/h5,7,11,13-14,16-17,19,21-22,24-25,27-28,30-31,33-34,36-37,39-40,43-46,52,54,59-62,64-71,73-75,77-81H,3-4,6,8-10,12,15,18,20,23,26,29,32,35,38,41-42,47-51,53,55-58H2,1-2H3,(H,72,76)/b7-5-,13-11-,16-14+,19-17-,22-21-,25-24-,28-27-,31-30-,34-33-,37-36-,40-39-,45-43-,46-44+,54-52+. The zero-order valence-electron chi connectivity index (χ0n) is 51.5. The maximum Gasteiger partial charge on any atom is 0.220 e. The molecule has 0 aromatic heterocycles. The molecule has 0 radical (unpaired) electrons. The Bertz CT molecular complexity index is 2080. The van der Waals surface area contributed by atoms with Crippen molar-refractivity contribution in [1.29, 1.82) is 0 Å². The summed E-state index contributed by atoms with van der Waals surface area (Å²) >= 11 is 0. The van der Waals surface area contributed by atoms with Crippen LogP contribution in [0.2, 0.25) is 0 Å². The number of carbonyl (C=O) groups excluding carboxylic acids is 1. The second-order valence-corrected chi connectivity index (χ2v) is 21.4. The molecule has 2 saturated heterocycles. The second kappa shape index (κ2) is 53.6. The van der Waals surface area contributed by atoms with E-state index in [1.165, 1.54) is 25.7 Å². The second-order valence-electron chi connectivity index (χ2n) is 21.4. The van der Waals surface area contributed by atoms with Crippen LogP contribution in [-0.4, -0.2) is 140 Å². The van der Waals surface area contributed by atoms with Gasteiger partial charge >= 0.3 is 0 Å². The molecule has 2 heterocycles. The van der Waals surface area contributed by atoms with Crippen LogP contribution >= 0.6 is 0 Å². The quantitative estimate of drug-likeness (QED) is 0.0204. The van der Waals surface area contributed by atoms with Crippen LogP contribution < -0.4 is 5.32 Å². The third-order valence-corrected chi connectivity index (χ3v) is 14.1. The molecular weight excluding hydrogens is 1070 g/mol. The topological polar surface area (TPSA) is 228 Å². The van der Waals surface area contributed by atoms with Gasteiger partial charge in [-0.15, -0.1) is 0 Å². The Morgan fingerprint density at radius 2 is 0.824 bits per heavy atom. The van der Waals surface area contributed by atoms with Crippen molar-refractivity contribution in [3.05, 3.63) is 170 Å². The lowest BCUT2D eigenvalue weighted by Crippen LogP contribution is -2.65. The fourth-order valence-corrected chi connectivity index (χ4v) is 9.03. The van der Waals surface area contributed by atoms with Crippen LogP contribution in [0.25, 0.3) is 0 Å². The fraction of sp³-hybridized carbons (Fsp3) is 0.592. The van der Waals surface area contributed by atoms with E-state index in [2.05, 4.69) is 177 Å². The van der Waals surface area contributed by atoms with Gasteiger partial charge in [0.25, 0.3) is 0 Å². The first-order valence-corrected chi connectivity index (χ1v) is 31.9. The van der Waals surface area contributed by atoms with Crippen molar-refractivity contribution in [3.8, 4) is 0 Å². The molecule has 0 bridgehead atoms. The van der Waals surface area contributed by atoms with Gasteiger partial charge in [-0.05, 0) is 128 Å². The Labute approximate surface area is 511 Å². The van der Waals surface area contributed by atoms with Crippen molar-refractivity contribution in [2.24, 2.45) is 0 Å². The van der Waals surface area contributed by atoms with E-state index >= 15 is 0 Å². The molecule has 85 heavy (non-hydrogen) atoms. The van der Waals surface area contributed by atoms with Gasteiger partial charge in [-0.1, -0.05) is 210 Å². The van der Waals surface area contributed by atoms with Crippen molar-refractivity contribution < 1.29 is 64.6 Å². The van der Waals surface area contributed by atoms with Crippen LogP contribution in [0.1, 0.15) is 174 Å². The molecule has 12 atom stereocenters. The molecule has 2 rings (SSSR count). The van der Waals surface area contributed by atoms with Crippen LogP contribution in [0.15, 0.2) is 170 Å². The predicted octanol–water partition coefficient (Wildman–Crippen LogP) is 12.1. The highest BCUT2D eigenvalue weighted by molar-refractivity contribution is 5.76. The molecule has 9 N–H and O–H groups in total. The van der Waals surface area contributed by atoms with Crippen LogP contribution in [-0.2, 0) is 23.7 Å². The summed E-state index contributed by atoms with van der Waals surface area (Å²) in [6, 6.07) is -0.969. The van der Waals surface area contributed by atoms with Crippen molar-refractivity contribution in [2.75, 3.05) is 19.8 Å². The lowest BCUT2D eigenvalue weighted by Gasteiger charge is -2.46. The van der Waals surface area contributed by atoms with E-state index < -0.39 is 86.8 Å². The Morgan fingerprint density at radius 3 is 1.27 bits per heavy atom. The van der Waals surface area contributed by atoms with Crippen LogP contribution in [0.5, 0.6) is 0 Å². The Hall–Kier alpha value is -4.65. The monoisotopic (exact) mass is 1190 g/mol. The molecule has 2 aliphatic rings. The van der Waals surface area contributed by atoms with Crippen molar-refractivity contribution in [2.45, 2.75) is 248 Å². The zero-order valence-corrected chi connectivity index (χ0v) is 51.5. The molecule has 0 aromatic carbocycles. The number of carbonyl (C=O) groups is 1. The van der Waals surface area contributed by atoms with Gasteiger partial charge in [0.05, 0.1) is 32.0 Å². The number of hydrogen-bond donors (Lipinski definition) is 9. The van der Waals surface area contributed by atoms with Gasteiger partial charge in [0.2, 0.25) is 5.91 Å². The SMILES string of the molecule is CC/C=C\C/C=C\C/C=C\C/C=C\C/C=C\C/C=C\C/C=C\C/C=C\C/C=C\C/C=C\C/C=C\CCCCCC(=O)NC(COC1OC(CO)C(OC2OC(CO)C(O)C(O)C2O)C(O)C1O)C(O)/C=C/CC/C=C/CC/C=C/CCCCCC. The van der Waals surface area contributed by atoms with Gasteiger partial charge in [0.1, 0.15) is 48.8 Å².